The van der Waals surface area contributed by atoms with Crippen LogP contribution in [0.15, 0.2) is 0 Å². The van der Waals surface area contributed by atoms with E-state index in [9.17, 15) is 9.59 Å². The Morgan fingerprint density at radius 3 is 2.18 bits per heavy atom. The highest BCUT2D eigenvalue weighted by Gasteiger charge is 2.22. The van der Waals surface area contributed by atoms with Crippen molar-refractivity contribution >= 4 is 11.8 Å². The summed E-state index contributed by atoms with van der Waals surface area (Å²) in [6, 6.07) is 0.221. The number of carbonyl (C=O) groups excluding carboxylic acids is 2. The zero-order chi connectivity index (χ0) is 12.8. The van der Waals surface area contributed by atoms with Crippen LogP contribution in [-0.2, 0) is 9.59 Å². The number of rotatable bonds is 4. The van der Waals surface area contributed by atoms with E-state index in [2.05, 4.69) is 5.32 Å². The average molecular weight is 241 g/mol. The molecular weight excluding hydrogens is 218 g/mol. The van der Waals surface area contributed by atoms with Crippen LogP contribution in [0.25, 0.3) is 0 Å². The van der Waals surface area contributed by atoms with E-state index in [1.165, 1.54) is 0 Å². The molecule has 0 saturated carbocycles. The first-order chi connectivity index (χ1) is 8.04. The molecule has 1 saturated heterocycles. The SMILES string of the molecule is CCNC(C)CC(=O)N1CCN(C(C)=O)CC1. The topological polar surface area (TPSA) is 52.7 Å². The van der Waals surface area contributed by atoms with E-state index in [0.29, 0.717) is 32.6 Å². The molecule has 1 unspecified atom stereocenters. The van der Waals surface area contributed by atoms with Gasteiger partial charge in [-0.2, -0.15) is 0 Å². The van der Waals surface area contributed by atoms with Gasteiger partial charge in [-0.15, -0.1) is 0 Å². The maximum Gasteiger partial charge on any atom is 0.224 e. The summed E-state index contributed by atoms with van der Waals surface area (Å²) in [6.07, 6.45) is 0.536. The standard InChI is InChI=1S/C12H23N3O2/c1-4-13-10(2)9-12(17)15-7-5-14(6-8-15)11(3)16/h10,13H,4-9H2,1-3H3. The normalized spacial score (nSPS) is 18.1. The minimum Gasteiger partial charge on any atom is -0.339 e. The van der Waals surface area contributed by atoms with Crippen LogP contribution in [0.5, 0.6) is 0 Å². The zero-order valence-electron chi connectivity index (χ0n) is 11.0. The van der Waals surface area contributed by atoms with Crippen molar-refractivity contribution in [1.82, 2.24) is 15.1 Å². The van der Waals surface area contributed by atoms with Gasteiger partial charge in [0.2, 0.25) is 11.8 Å². The number of carbonyl (C=O) groups is 2. The van der Waals surface area contributed by atoms with Crippen LogP contribution in [0, 0.1) is 0 Å². The molecule has 1 aliphatic rings. The van der Waals surface area contributed by atoms with Gasteiger partial charge in [-0.3, -0.25) is 9.59 Å². The van der Waals surface area contributed by atoms with E-state index < -0.39 is 0 Å². The maximum atomic E-state index is 11.9. The number of amides is 2. The van der Waals surface area contributed by atoms with Gasteiger partial charge in [-0.1, -0.05) is 6.92 Å². The Balaban J connectivity index is 2.33. The summed E-state index contributed by atoms with van der Waals surface area (Å²) in [4.78, 5) is 26.7. The number of hydrogen-bond acceptors (Lipinski definition) is 3. The van der Waals surface area contributed by atoms with Crippen LogP contribution in [0.1, 0.15) is 27.2 Å². The maximum absolute atomic E-state index is 11.9. The second-order valence-corrected chi connectivity index (χ2v) is 4.55. The average Bonchev–Trinajstić information content (AvgIpc) is 2.29. The summed E-state index contributed by atoms with van der Waals surface area (Å²) < 4.78 is 0. The minimum atomic E-state index is 0.0955. The lowest BCUT2D eigenvalue weighted by Gasteiger charge is -2.34. The monoisotopic (exact) mass is 241 g/mol. The van der Waals surface area contributed by atoms with Crippen molar-refractivity contribution in [2.75, 3.05) is 32.7 Å². The van der Waals surface area contributed by atoms with E-state index in [4.69, 9.17) is 0 Å². The third-order valence-electron chi connectivity index (χ3n) is 3.11. The largest absolute Gasteiger partial charge is 0.339 e. The molecule has 1 rings (SSSR count). The molecule has 1 atom stereocenters. The van der Waals surface area contributed by atoms with Crippen LogP contribution < -0.4 is 5.32 Å². The van der Waals surface area contributed by atoms with E-state index in [1.807, 2.05) is 18.7 Å². The predicted molar refractivity (Wildman–Crippen MR) is 66.6 cm³/mol. The summed E-state index contributed by atoms with van der Waals surface area (Å²) in [5, 5.41) is 3.23. The van der Waals surface area contributed by atoms with Gasteiger partial charge in [0, 0.05) is 45.6 Å². The molecule has 0 aromatic carbocycles. The fraction of sp³-hybridized carbons (Fsp3) is 0.833. The Bertz CT molecular complexity index is 273. The first kappa shape index (κ1) is 14.0. The lowest BCUT2D eigenvalue weighted by molar-refractivity contribution is -0.138. The molecule has 0 spiro atoms. The third kappa shape index (κ3) is 4.34. The van der Waals surface area contributed by atoms with Crippen LogP contribution in [0.4, 0.5) is 0 Å². The van der Waals surface area contributed by atoms with Gasteiger partial charge in [0.15, 0.2) is 0 Å². The molecule has 0 bridgehead atoms. The molecule has 2 amide bonds. The smallest absolute Gasteiger partial charge is 0.224 e. The number of nitrogens with zero attached hydrogens (tertiary/aromatic N) is 2. The van der Waals surface area contributed by atoms with Crippen LogP contribution >= 0.6 is 0 Å². The van der Waals surface area contributed by atoms with Crippen LogP contribution in [-0.4, -0.2) is 60.4 Å². The van der Waals surface area contributed by atoms with E-state index in [0.717, 1.165) is 6.54 Å². The molecule has 1 heterocycles. The van der Waals surface area contributed by atoms with Gasteiger partial charge in [0.05, 0.1) is 0 Å². The Morgan fingerprint density at radius 2 is 1.71 bits per heavy atom. The molecular formula is C12H23N3O2. The number of nitrogens with one attached hydrogen (secondary N) is 1. The minimum absolute atomic E-state index is 0.0955. The molecule has 1 aliphatic heterocycles. The van der Waals surface area contributed by atoms with Crippen LogP contribution in [0.2, 0.25) is 0 Å². The third-order valence-corrected chi connectivity index (χ3v) is 3.11. The lowest BCUT2D eigenvalue weighted by Crippen LogP contribution is -2.50. The van der Waals surface area contributed by atoms with E-state index in [1.54, 1.807) is 11.8 Å². The molecule has 0 aliphatic carbocycles. The Kier molecular flexibility index (Phi) is 5.41. The number of hydrogen-bond donors (Lipinski definition) is 1. The summed E-state index contributed by atoms with van der Waals surface area (Å²) in [5.41, 5.74) is 0. The van der Waals surface area contributed by atoms with Gasteiger partial charge in [0.1, 0.15) is 0 Å². The van der Waals surface area contributed by atoms with Crippen molar-refractivity contribution in [2.24, 2.45) is 0 Å². The molecule has 0 radical (unpaired) electrons. The lowest BCUT2D eigenvalue weighted by atomic mass is 10.2. The first-order valence-electron chi connectivity index (χ1n) is 6.31. The van der Waals surface area contributed by atoms with Gasteiger partial charge in [-0.25, -0.2) is 0 Å². The van der Waals surface area contributed by atoms with E-state index >= 15 is 0 Å². The molecule has 1 fully saturated rings. The van der Waals surface area contributed by atoms with Crippen molar-refractivity contribution < 1.29 is 9.59 Å². The predicted octanol–water partition coefficient (Wildman–Crippen LogP) is 0.0652. The van der Waals surface area contributed by atoms with Crippen molar-refractivity contribution in [3.05, 3.63) is 0 Å². The number of piperazine rings is 1. The molecule has 5 nitrogen and oxygen atoms in total. The summed E-state index contributed by atoms with van der Waals surface area (Å²) in [7, 11) is 0. The highest BCUT2D eigenvalue weighted by molar-refractivity contribution is 5.78. The summed E-state index contributed by atoms with van der Waals surface area (Å²) in [5.74, 6) is 0.278. The first-order valence-corrected chi connectivity index (χ1v) is 6.31. The van der Waals surface area contributed by atoms with Crippen molar-refractivity contribution in [3.63, 3.8) is 0 Å². The van der Waals surface area contributed by atoms with Crippen LogP contribution in [0.3, 0.4) is 0 Å². The van der Waals surface area contributed by atoms with Gasteiger partial charge < -0.3 is 15.1 Å². The molecule has 98 valence electrons. The van der Waals surface area contributed by atoms with Gasteiger partial charge in [-0.05, 0) is 13.5 Å². The fourth-order valence-corrected chi connectivity index (χ4v) is 2.08. The van der Waals surface area contributed by atoms with Crippen molar-refractivity contribution in [1.29, 1.82) is 0 Å². The highest BCUT2D eigenvalue weighted by Crippen LogP contribution is 2.05. The quantitative estimate of drug-likeness (QED) is 0.757. The fourth-order valence-electron chi connectivity index (χ4n) is 2.08. The molecule has 5 heteroatoms. The second-order valence-electron chi connectivity index (χ2n) is 4.55. The Hall–Kier alpha value is -1.10. The summed E-state index contributed by atoms with van der Waals surface area (Å²) in [6.45, 7) is 9.17. The zero-order valence-corrected chi connectivity index (χ0v) is 11.0. The highest BCUT2D eigenvalue weighted by atomic mass is 16.2. The van der Waals surface area contributed by atoms with E-state index in [-0.39, 0.29) is 17.9 Å². The van der Waals surface area contributed by atoms with Gasteiger partial charge in [0.25, 0.3) is 0 Å². The molecule has 0 aromatic heterocycles. The summed E-state index contributed by atoms with van der Waals surface area (Å²) >= 11 is 0. The second kappa shape index (κ2) is 6.59. The molecule has 17 heavy (non-hydrogen) atoms. The molecule has 1 N–H and O–H groups in total. The Morgan fingerprint density at radius 1 is 1.18 bits per heavy atom. The Labute approximate surface area is 103 Å². The van der Waals surface area contributed by atoms with Gasteiger partial charge >= 0.3 is 0 Å². The molecule has 0 aromatic rings. The van der Waals surface area contributed by atoms with Crippen molar-refractivity contribution in [2.45, 2.75) is 33.2 Å². The van der Waals surface area contributed by atoms with Crippen molar-refractivity contribution in [3.8, 4) is 0 Å².